The van der Waals surface area contributed by atoms with Crippen LogP contribution in [0.4, 0.5) is 5.69 Å². The number of nitrogens with one attached hydrogen (secondary N) is 1. The van der Waals surface area contributed by atoms with Crippen LogP contribution >= 0.6 is 31.9 Å². The highest BCUT2D eigenvalue weighted by Gasteiger charge is 2.17. The third-order valence-electron chi connectivity index (χ3n) is 4.42. The average molecular weight is 532 g/mol. The number of aromatic nitrogens is 1. The number of carbonyl (C=O) groups is 1. The maximum Gasteiger partial charge on any atom is 0.259 e. The van der Waals surface area contributed by atoms with E-state index in [-0.39, 0.29) is 5.91 Å². The van der Waals surface area contributed by atoms with E-state index in [4.69, 9.17) is 13.9 Å². The summed E-state index contributed by atoms with van der Waals surface area (Å²) in [6, 6.07) is 16.3. The van der Waals surface area contributed by atoms with Crippen molar-refractivity contribution in [1.82, 2.24) is 4.98 Å². The van der Waals surface area contributed by atoms with E-state index in [1.54, 1.807) is 31.4 Å². The Morgan fingerprint density at radius 3 is 2.63 bits per heavy atom. The van der Waals surface area contributed by atoms with Gasteiger partial charge in [0.05, 0.1) is 24.3 Å². The maximum atomic E-state index is 12.8. The molecule has 0 saturated heterocycles. The number of ether oxygens (including phenoxy) is 2. The van der Waals surface area contributed by atoms with E-state index in [0.717, 1.165) is 15.8 Å². The molecule has 1 aromatic heterocycles. The normalized spacial score (nSPS) is 10.8. The van der Waals surface area contributed by atoms with Gasteiger partial charge in [0.25, 0.3) is 5.91 Å². The van der Waals surface area contributed by atoms with Gasteiger partial charge in [-0.25, -0.2) is 4.98 Å². The molecule has 0 radical (unpaired) electrons. The molecular weight excluding hydrogens is 516 g/mol. The van der Waals surface area contributed by atoms with Crippen molar-refractivity contribution in [3.63, 3.8) is 0 Å². The topological polar surface area (TPSA) is 73.6 Å². The van der Waals surface area contributed by atoms with Gasteiger partial charge in [0.15, 0.2) is 5.58 Å². The molecule has 0 atom stereocenters. The van der Waals surface area contributed by atoms with Crippen LogP contribution in [0.25, 0.3) is 22.6 Å². The van der Waals surface area contributed by atoms with E-state index in [2.05, 4.69) is 42.2 Å². The number of hydrogen-bond donors (Lipinski definition) is 1. The van der Waals surface area contributed by atoms with Crippen LogP contribution in [0.2, 0.25) is 0 Å². The van der Waals surface area contributed by atoms with Gasteiger partial charge >= 0.3 is 0 Å². The van der Waals surface area contributed by atoms with Crippen molar-refractivity contribution in [3.05, 3.63) is 69.1 Å². The third kappa shape index (κ3) is 4.06. The molecule has 0 saturated carbocycles. The number of nitrogens with zero attached hydrogens (tertiary/aromatic N) is 1. The first-order valence-electron chi connectivity index (χ1n) is 8.88. The highest BCUT2D eigenvalue weighted by atomic mass is 79.9. The van der Waals surface area contributed by atoms with E-state index in [9.17, 15) is 4.79 Å². The van der Waals surface area contributed by atoms with Gasteiger partial charge < -0.3 is 19.2 Å². The minimum absolute atomic E-state index is 0.301. The lowest BCUT2D eigenvalue weighted by Gasteiger charge is -2.11. The van der Waals surface area contributed by atoms with Gasteiger partial charge in [-0.1, -0.05) is 22.0 Å². The number of halogens is 2. The summed E-state index contributed by atoms with van der Waals surface area (Å²) in [6.07, 6.45) is 0. The Kier molecular flexibility index (Phi) is 5.78. The van der Waals surface area contributed by atoms with E-state index < -0.39 is 0 Å². The first-order valence-corrected chi connectivity index (χ1v) is 10.5. The summed E-state index contributed by atoms with van der Waals surface area (Å²) in [7, 11) is 3.13. The fourth-order valence-corrected chi connectivity index (χ4v) is 4.41. The van der Waals surface area contributed by atoms with E-state index in [0.29, 0.717) is 38.5 Å². The molecule has 0 aliphatic heterocycles. The quantitative estimate of drug-likeness (QED) is 0.327. The van der Waals surface area contributed by atoms with Crippen LogP contribution < -0.4 is 14.8 Å². The number of oxazole rings is 1. The lowest BCUT2D eigenvalue weighted by atomic mass is 10.2. The lowest BCUT2D eigenvalue weighted by Crippen LogP contribution is -2.13. The summed E-state index contributed by atoms with van der Waals surface area (Å²) in [5.41, 5.74) is 3.05. The number of amides is 1. The highest BCUT2D eigenvalue weighted by Crippen LogP contribution is 2.33. The van der Waals surface area contributed by atoms with Gasteiger partial charge in [-0.2, -0.15) is 0 Å². The van der Waals surface area contributed by atoms with Crippen molar-refractivity contribution in [3.8, 4) is 23.0 Å². The molecule has 0 bridgehead atoms. The molecular formula is C22H16Br2N2O4. The van der Waals surface area contributed by atoms with Crippen LogP contribution in [0, 0.1) is 0 Å². The first kappa shape index (κ1) is 20.4. The van der Waals surface area contributed by atoms with Crippen molar-refractivity contribution in [2.75, 3.05) is 19.5 Å². The number of rotatable bonds is 5. The number of benzene rings is 3. The Bertz CT molecular complexity index is 1250. The van der Waals surface area contributed by atoms with E-state index in [1.807, 2.05) is 30.3 Å². The molecule has 0 fully saturated rings. The van der Waals surface area contributed by atoms with Crippen molar-refractivity contribution < 1.29 is 18.7 Å². The maximum absolute atomic E-state index is 12.8. The van der Waals surface area contributed by atoms with Gasteiger partial charge in [0.2, 0.25) is 5.89 Å². The number of carbonyl (C=O) groups excluding carboxylic acids is 1. The number of anilines is 1. The minimum Gasteiger partial charge on any atom is -0.497 e. The van der Waals surface area contributed by atoms with Crippen LogP contribution in [-0.4, -0.2) is 25.1 Å². The Hall–Kier alpha value is -2.84. The molecule has 152 valence electrons. The Morgan fingerprint density at radius 2 is 1.87 bits per heavy atom. The summed E-state index contributed by atoms with van der Waals surface area (Å²) < 4.78 is 17.9. The SMILES string of the molecule is COc1cccc(-c2nc3cc(NC(=O)c4cc(Br)cc(Br)c4OC)ccc3o2)c1. The molecule has 0 unspecified atom stereocenters. The molecule has 0 aliphatic carbocycles. The highest BCUT2D eigenvalue weighted by molar-refractivity contribution is 9.11. The van der Waals surface area contributed by atoms with Crippen LogP contribution in [0.1, 0.15) is 10.4 Å². The molecule has 8 heteroatoms. The number of fused-ring (bicyclic) bond motifs is 1. The summed E-state index contributed by atoms with van der Waals surface area (Å²) >= 11 is 6.81. The molecule has 4 aromatic rings. The Balaban J connectivity index is 1.64. The van der Waals surface area contributed by atoms with Crippen molar-refractivity contribution in [1.29, 1.82) is 0 Å². The van der Waals surface area contributed by atoms with Gasteiger partial charge in [-0.05, 0) is 64.5 Å². The number of hydrogen-bond acceptors (Lipinski definition) is 5. The molecule has 1 amide bonds. The molecule has 30 heavy (non-hydrogen) atoms. The largest absolute Gasteiger partial charge is 0.497 e. The van der Waals surface area contributed by atoms with Crippen LogP contribution in [-0.2, 0) is 0 Å². The van der Waals surface area contributed by atoms with Gasteiger partial charge in [0, 0.05) is 15.7 Å². The fourth-order valence-electron chi connectivity index (χ4n) is 3.02. The monoisotopic (exact) mass is 530 g/mol. The average Bonchev–Trinajstić information content (AvgIpc) is 3.16. The molecule has 0 aliphatic rings. The van der Waals surface area contributed by atoms with E-state index >= 15 is 0 Å². The zero-order valence-corrected chi connectivity index (χ0v) is 19.2. The lowest BCUT2D eigenvalue weighted by molar-refractivity contribution is 0.102. The first-order chi connectivity index (χ1) is 14.5. The van der Waals surface area contributed by atoms with Crippen molar-refractivity contribution >= 4 is 54.6 Å². The molecule has 4 rings (SSSR count). The zero-order chi connectivity index (χ0) is 21.3. The van der Waals surface area contributed by atoms with Crippen LogP contribution in [0.3, 0.4) is 0 Å². The van der Waals surface area contributed by atoms with Crippen molar-refractivity contribution in [2.45, 2.75) is 0 Å². The smallest absolute Gasteiger partial charge is 0.259 e. The van der Waals surface area contributed by atoms with Crippen LogP contribution in [0.5, 0.6) is 11.5 Å². The predicted octanol–water partition coefficient (Wildman–Crippen LogP) is 6.29. The molecule has 0 spiro atoms. The molecule has 6 nitrogen and oxygen atoms in total. The fraction of sp³-hybridized carbons (Fsp3) is 0.0909. The predicted molar refractivity (Wildman–Crippen MR) is 122 cm³/mol. The summed E-state index contributed by atoms with van der Waals surface area (Å²) in [6.45, 7) is 0. The van der Waals surface area contributed by atoms with Gasteiger partial charge in [-0.3, -0.25) is 4.79 Å². The second-order valence-electron chi connectivity index (χ2n) is 6.36. The van der Waals surface area contributed by atoms with Crippen LogP contribution in [0.15, 0.2) is 68.0 Å². The minimum atomic E-state index is -0.301. The zero-order valence-electron chi connectivity index (χ0n) is 16.0. The summed E-state index contributed by atoms with van der Waals surface area (Å²) in [5.74, 6) is 1.35. The summed E-state index contributed by atoms with van der Waals surface area (Å²) in [5, 5.41) is 2.88. The van der Waals surface area contributed by atoms with Gasteiger partial charge in [0.1, 0.15) is 17.0 Å². The molecule has 1 N–H and O–H groups in total. The summed E-state index contributed by atoms with van der Waals surface area (Å²) in [4.78, 5) is 17.4. The molecule has 3 aromatic carbocycles. The standard InChI is InChI=1S/C22H16Br2N2O4/c1-28-15-5-3-4-12(8-15)22-26-18-11-14(6-7-19(18)30-22)25-21(27)16-9-13(23)10-17(24)20(16)29-2/h3-11H,1-2H3,(H,25,27). The second kappa shape index (κ2) is 8.49. The van der Waals surface area contributed by atoms with E-state index in [1.165, 1.54) is 7.11 Å². The van der Waals surface area contributed by atoms with Gasteiger partial charge in [-0.15, -0.1) is 0 Å². The third-order valence-corrected chi connectivity index (χ3v) is 5.47. The van der Waals surface area contributed by atoms with Crippen molar-refractivity contribution in [2.24, 2.45) is 0 Å². The second-order valence-corrected chi connectivity index (χ2v) is 8.13. The Labute approximate surface area is 189 Å². The number of methoxy groups -OCH3 is 2. The Morgan fingerprint density at radius 1 is 1.03 bits per heavy atom. The molecule has 1 heterocycles.